The number of hydrogen-bond donors (Lipinski definition) is 1. The summed E-state index contributed by atoms with van der Waals surface area (Å²) in [5.74, 6) is 0.134. The van der Waals surface area contributed by atoms with Crippen LogP contribution in [0.3, 0.4) is 0 Å². The average Bonchev–Trinajstić information content (AvgIpc) is 2.97. The van der Waals surface area contributed by atoms with Crippen molar-refractivity contribution in [2.24, 2.45) is 0 Å². The van der Waals surface area contributed by atoms with Gasteiger partial charge in [-0.2, -0.15) is 5.10 Å². The highest BCUT2D eigenvalue weighted by molar-refractivity contribution is 5.81. The molecule has 0 aliphatic heterocycles. The summed E-state index contributed by atoms with van der Waals surface area (Å²) in [6, 6.07) is 10.4. The van der Waals surface area contributed by atoms with Crippen LogP contribution in [-0.4, -0.2) is 39.7 Å². The maximum absolute atomic E-state index is 12.7. The summed E-state index contributed by atoms with van der Waals surface area (Å²) < 4.78 is 1.99. The van der Waals surface area contributed by atoms with E-state index >= 15 is 0 Å². The summed E-state index contributed by atoms with van der Waals surface area (Å²) in [4.78, 5) is 14.8. The Morgan fingerprint density at radius 2 is 1.89 bits per heavy atom. The molecule has 1 heterocycles. The molecule has 1 aliphatic rings. The van der Waals surface area contributed by atoms with E-state index < -0.39 is 0 Å². The van der Waals surface area contributed by atoms with Crippen LogP contribution < -0.4 is 5.32 Å². The Hall–Kier alpha value is -2.14. The molecule has 1 aromatic heterocycles. The third-order valence-electron chi connectivity index (χ3n) is 5.84. The predicted molar refractivity (Wildman–Crippen MR) is 109 cm³/mol. The molecule has 0 bridgehead atoms. The molecule has 1 aromatic carbocycles. The summed E-state index contributed by atoms with van der Waals surface area (Å²) in [6.45, 7) is 6.85. The molecule has 1 amide bonds. The quantitative estimate of drug-likeness (QED) is 0.845. The highest BCUT2D eigenvalue weighted by atomic mass is 16.2. The lowest BCUT2D eigenvalue weighted by Crippen LogP contribution is -2.47. The molecule has 1 saturated carbocycles. The Morgan fingerprint density at radius 1 is 1.22 bits per heavy atom. The molecule has 0 spiro atoms. The minimum Gasteiger partial charge on any atom is -0.352 e. The molecular weight excluding hydrogens is 336 g/mol. The van der Waals surface area contributed by atoms with Gasteiger partial charge in [0.1, 0.15) is 0 Å². The van der Waals surface area contributed by atoms with E-state index in [1.54, 1.807) is 0 Å². The van der Waals surface area contributed by atoms with Crippen molar-refractivity contribution in [1.29, 1.82) is 0 Å². The molecule has 1 N–H and O–H groups in total. The van der Waals surface area contributed by atoms with E-state index in [1.165, 1.54) is 24.8 Å². The highest BCUT2D eigenvalue weighted by Gasteiger charge is 2.24. The Labute approximate surface area is 162 Å². The van der Waals surface area contributed by atoms with Gasteiger partial charge in [0.2, 0.25) is 5.91 Å². The third-order valence-corrected chi connectivity index (χ3v) is 5.84. The maximum atomic E-state index is 12.7. The third kappa shape index (κ3) is 4.59. The second-order valence-corrected chi connectivity index (χ2v) is 7.83. The number of carbonyl (C=O) groups is 1. The van der Waals surface area contributed by atoms with Gasteiger partial charge in [-0.15, -0.1) is 0 Å². The molecule has 1 atom stereocenters. The molecular formula is C22H32N4O. The van der Waals surface area contributed by atoms with Gasteiger partial charge in [-0.05, 0) is 52.8 Å². The number of aromatic nitrogens is 2. The second kappa shape index (κ2) is 8.70. The fourth-order valence-corrected chi connectivity index (χ4v) is 3.88. The molecule has 5 nitrogen and oxygen atoms in total. The fourth-order valence-electron chi connectivity index (χ4n) is 3.88. The van der Waals surface area contributed by atoms with E-state index in [1.807, 2.05) is 43.8 Å². The lowest BCUT2D eigenvalue weighted by molar-refractivity contribution is -0.126. The van der Waals surface area contributed by atoms with Gasteiger partial charge in [-0.1, -0.05) is 37.5 Å². The summed E-state index contributed by atoms with van der Waals surface area (Å²) >= 11 is 0. The fraction of sp³-hybridized carbons (Fsp3) is 0.545. The van der Waals surface area contributed by atoms with Gasteiger partial charge < -0.3 is 5.32 Å². The number of rotatable bonds is 6. The van der Waals surface area contributed by atoms with Crippen molar-refractivity contribution in [3.63, 3.8) is 0 Å². The molecule has 1 aliphatic carbocycles. The van der Waals surface area contributed by atoms with Crippen LogP contribution in [0.5, 0.6) is 0 Å². The lowest BCUT2D eigenvalue weighted by Gasteiger charge is -2.28. The van der Waals surface area contributed by atoms with Crippen molar-refractivity contribution in [3.8, 4) is 5.69 Å². The Morgan fingerprint density at radius 3 is 2.56 bits per heavy atom. The van der Waals surface area contributed by atoms with Crippen LogP contribution in [0.2, 0.25) is 0 Å². The number of carbonyl (C=O) groups excluding carboxylic acids is 1. The van der Waals surface area contributed by atoms with E-state index in [0.717, 1.165) is 29.9 Å². The number of hydrogen-bond acceptors (Lipinski definition) is 3. The number of nitrogens with zero attached hydrogens (tertiary/aromatic N) is 3. The first-order chi connectivity index (χ1) is 13.0. The number of nitrogens with one attached hydrogen (secondary N) is 1. The first-order valence-corrected chi connectivity index (χ1v) is 10.1. The summed E-state index contributed by atoms with van der Waals surface area (Å²) in [5, 5.41) is 7.96. The molecule has 2 aromatic rings. The Balaban J connectivity index is 1.67. The van der Waals surface area contributed by atoms with Crippen molar-refractivity contribution in [3.05, 3.63) is 47.3 Å². The van der Waals surface area contributed by atoms with Crippen molar-refractivity contribution in [2.75, 3.05) is 7.05 Å². The minimum atomic E-state index is -0.161. The highest BCUT2D eigenvalue weighted by Crippen LogP contribution is 2.21. The second-order valence-electron chi connectivity index (χ2n) is 7.83. The average molecular weight is 369 g/mol. The molecule has 3 rings (SSSR count). The normalized spacial score (nSPS) is 16.5. The molecule has 146 valence electrons. The SMILES string of the molecule is Cc1nn(-c2ccccc2)c(C)c1CN(C)C(C)C(=O)NC1CCCCC1. The standard InChI is InChI=1S/C22H32N4O/c1-16-21(17(2)26(24-16)20-13-9-6-10-14-20)15-25(4)18(3)22(27)23-19-11-7-5-8-12-19/h6,9-10,13-14,18-19H,5,7-8,11-12,15H2,1-4H3,(H,23,27). The van der Waals surface area contributed by atoms with Crippen LogP contribution in [0.4, 0.5) is 0 Å². The van der Waals surface area contributed by atoms with Gasteiger partial charge in [-0.3, -0.25) is 9.69 Å². The van der Waals surface area contributed by atoms with Crippen LogP contribution in [0.1, 0.15) is 56.0 Å². The summed E-state index contributed by atoms with van der Waals surface area (Å²) in [7, 11) is 2.02. The van der Waals surface area contributed by atoms with Crippen LogP contribution in [0.25, 0.3) is 5.69 Å². The molecule has 0 saturated heterocycles. The van der Waals surface area contributed by atoms with Gasteiger partial charge in [0, 0.05) is 23.8 Å². The number of aryl methyl sites for hydroxylation is 1. The zero-order valence-electron chi connectivity index (χ0n) is 17.0. The Bertz CT molecular complexity index is 762. The van der Waals surface area contributed by atoms with E-state index in [-0.39, 0.29) is 11.9 Å². The van der Waals surface area contributed by atoms with E-state index in [2.05, 4.69) is 29.3 Å². The number of benzene rings is 1. The van der Waals surface area contributed by atoms with Gasteiger partial charge in [-0.25, -0.2) is 4.68 Å². The molecule has 0 radical (unpaired) electrons. The molecule has 27 heavy (non-hydrogen) atoms. The molecule has 1 fully saturated rings. The molecule has 5 heteroatoms. The van der Waals surface area contributed by atoms with E-state index in [4.69, 9.17) is 5.10 Å². The van der Waals surface area contributed by atoms with Crippen molar-refractivity contribution >= 4 is 5.91 Å². The first kappa shape index (κ1) is 19.6. The van der Waals surface area contributed by atoms with Crippen molar-refractivity contribution in [1.82, 2.24) is 20.0 Å². The summed E-state index contributed by atoms with van der Waals surface area (Å²) in [5.41, 5.74) is 4.40. The zero-order valence-corrected chi connectivity index (χ0v) is 17.0. The molecule has 1 unspecified atom stereocenters. The van der Waals surface area contributed by atoms with E-state index in [9.17, 15) is 4.79 Å². The summed E-state index contributed by atoms with van der Waals surface area (Å²) in [6.07, 6.45) is 5.98. The minimum absolute atomic E-state index is 0.134. The van der Waals surface area contributed by atoms with Crippen LogP contribution in [0.15, 0.2) is 30.3 Å². The number of para-hydroxylation sites is 1. The van der Waals surface area contributed by atoms with Gasteiger partial charge in [0.25, 0.3) is 0 Å². The maximum Gasteiger partial charge on any atom is 0.237 e. The largest absolute Gasteiger partial charge is 0.352 e. The van der Waals surface area contributed by atoms with Crippen LogP contribution in [-0.2, 0) is 11.3 Å². The van der Waals surface area contributed by atoms with Crippen LogP contribution in [0, 0.1) is 13.8 Å². The van der Waals surface area contributed by atoms with Crippen LogP contribution >= 0.6 is 0 Å². The zero-order chi connectivity index (χ0) is 19.4. The predicted octanol–water partition coefficient (Wildman–Crippen LogP) is 3.76. The van der Waals surface area contributed by atoms with Gasteiger partial charge in [0.05, 0.1) is 17.4 Å². The first-order valence-electron chi connectivity index (χ1n) is 10.1. The smallest absolute Gasteiger partial charge is 0.237 e. The number of amides is 1. The van der Waals surface area contributed by atoms with Gasteiger partial charge >= 0.3 is 0 Å². The lowest BCUT2D eigenvalue weighted by atomic mass is 9.95. The topological polar surface area (TPSA) is 50.2 Å². The Kier molecular flexibility index (Phi) is 6.32. The van der Waals surface area contributed by atoms with Crippen molar-refractivity contribution < 1.29 is 4.79 Å². The van der Waals surface area contributed by atoms with Gasteiger partial charge in [0.15, 0.2) is 0 Å². The van der Waals surface area contributed by atoms with E-state index in [0.29, 0.717) is 12.6 Å². The number of likely N-dealkylation sites (N-methyl/N-ethyl adjacent to an activating group) is 1. The van der Waals surface area contributed by atoms with Crippen molar-refractivity contribution in [2.45, 2.75) is 71.5 Å². The monoisotopic (exact) mass is 368 g/mol.